The summed E-state index contributed by atoms with van der Waals surface area (Å²) in [5.41, 5.74) is 3.82. The molecule has 2 heterocycles. The van der Waals surface area contributed by atoms with Crippen LogP contribution in [-0.2, 0) is 9.59 Å². The maximum Gasteiger partial charge on any atom is 0.228 e. The van der Waals surface area contributed by atoms with Gasteiger partial charge in [-0.2, -0.15) is 0 Å². The number of carbonyl (C=O) groups excluding carboxylic acids is 2. The highest BCUT2D eigenvalue weighted by Crippen LogP contribution is 2.19. The first-order chi connectivity index (χ1) is 11.0. The fourth-order valence-corrected chi connectivity index (χ4v) is 2.72. The average molecular weight is 312 g/mol. The summed E-state index contributed by atoms with van der Waals surface area (Å²) in [6.07, 6.45) is 2.74. The molecule has 0 bridgehead atoms. The van der Waals surface area contributed by atoms with Gasteiger partial charge in [0.15, 0.2) is 0 Å². The van der Waals surface area contributed by atoms with Crippen LogP contribution >= 0.6 is 0 Å². The molecule has 0 spiro atoms. The van der Waals surface area contributed by atoms with E-state index < -0.39 is 0 Å². The standard InChI is InChI=1S/C17H20N4O2/c1-11-12(2)21(10-19-11)15-5-3-14(4-6-15)20-17(23)13-7-8-18-16(22)9-13/h3-6,10,13H,7-9H2,1-2H3,(H,18,22)(H,20,23). The molecule has 3 rings (SSSR count). The predicted molar refractivity (Wildman–Crippen MR) is 87.4 cm³/mol. The molecule has 6 heteroatoms. The van der Waals surface area contributed by atoms with E-state index in [-0.39, 0.29) is 24.2 Å². The molecule has 0 saturated carbocycles. The quantitative estimate of drug-likeness (QED) is 0.909. The number of amides is 2. The van der Waals surface area contributed by atoms with E-state index in [0.717, 1.165) is 22.8 Å². The van der Waals surface area contributed by atoms with Crippen LogP contribution in [0.5, 0.6) is 0 Å². The molecule has 1 aliphatic rings. The number of imidazole rings is 1. The van der Waals surface area contributed by atoms with Gasteiger partial charge in [-0.1, -0.05) is 0 Å². The van der Waals surface area contributed by atoms with Gasteiger partial charge in [-0.3, -0.25) is 9.59 Å². The highest BCUT2D eigenvalue weighted by atomic mass is 16.2. The van der Waals surface area contributed by atoms with Crippen molar-refractivity contribution in [1.29, 1.82) is 0 Å². The van der Waals surface area contributed by atoms with Gasteiger partial charge >= 0.3 is 0 Å². The molecule has 1 fully saturated rings. The predicted octanol–water partition coefficient (Wildman–Crippen LogP) is 1.95. The molecule has 0 radical (unpaired) electrons. The molecule has 6 nitrogen and oxygen atoms in total. The second kappa shape index (κ2) is 6.24. The lowest BCUT2D eigenvalue weighted by Crippen LogP contribution is -2.38. The summed E-state index contributed by atoms with van der Waals surface area (Å²) >= 11 is 0. The van der Waals surface area contributed by atoms with Crippen molar-refractivity contribution in [3.63, 3.8) is 0 Å². The largest absolute Gasteiger partial charge is 0.356 e. The maximum absolute atomic E-state index is 12.2. The Morgan fingerprint density at radius 2 is 2.04 bits per heavy atom. The Morgan fingerprint density at radius 3 is 2.65 bits per heavy atom. The van der Waals surface area contributed by atoms with E-state index in [9.17, 15) is 9.59 Å². The van der Waals surface area contributed by atoms with Gasteiger partial charge in [-0.25, -0.2) is 4.98 Å². The molecule has 0 aliphatic carbocycles. The topological polar surface area (TPSA) is 76.0 Å². The Kier molecular flexibility index (Phi) is 4.14. The SMILES string of the molecule is Cc1ncn(-c2ccc(NC(=O)C3CCNC(=O)C3)cc2)c1C. The van der Waals surface area contributed by atoms with E-state index in [1.807, 2.05) is 42.7 Å². The smallest absolute Gasteiger partial charge is 0.228 e. The molecular weight excluding hydrogens is 292 g/mol. The minimum atomic E-state index is -0.248. The Labute approximate surface area is 134 Å². The zero-order valence-corrected chi connectivity index (χ0v) is 13.3. The minimum absolute atomic E-state index is 0.0577. The molecule has 2 amide bonds. The van der Waals surface area contributed by atoms with Crippen LogP contribution in [0.3, 0.4) is 0 Å². The van der Waals surface area contributed by atoms with Crippen molar-refractivity contribution in [1.82, 2.24) is 14.9 Å². The molecule has 2 aromatic rings. The monoisotopic (exact) mass is 312 g/mol. The van der Waals surface area contributed by atoms with Crippen LogP contribution in [0.4, 0.5) is 5.69 Å². The number of benzene rings is 1. The maximum atomic E-state index is 12.2. The molecule has 1 saturated heterocycles. The Bertz CT molecular complexity index is 734. The summed E-state index contributed by atoms with van der Waals surface area (Å²) in [6.45, 7) is 4.56. The van der Waals surface area contributed by atoms with Gasteiger partial charge in [0.2, 0.25) is 11.8 Å². The molecule has 1 aromatic heterocycles. The summed E-state index contributed by atoms with van der Waals surface area (Å²) in [6, 6.07) is 7.62. The Morgan fingerprint density at radius 1 is 1.30 bits per heavy atom. The van der Waals surface area contributed by atoms with Gasteiger partial charge in [0.05, 0.1) is 12.0 Å². The van der Waals surface area contributed by atoms with Crippen molar-refractivity contribution in [2.75, 3.05) is 11.9 Å². The lowest BCUT2D eigenvalue weighted by Gasteiger charge is -2.21. The number of aryl methyl sites for hydroxylation is 1. The van der Waals surface area contributed by atoms with Crippen molar-refractivity contribution < 1.29 is 9.59 Å². The lowest BCUT2D eigenvalue weighted by molar-refractivity contribution is -0.129. The molecule has 23 heavy (non-hydrogen) atoms. The van der Waals surface area contributed by atoms with Gasteiger partial charge in [-0.05, 0) is 44.5 Å². The number of nitrogens with zero attached hydrogens (tertiary/aromatic N) is 2. The number of piperidine rings is 1. The van der Waals surface area contributed by atoms with Crippen LogP contribution in [0.25, 0.3) is 5.69 Å². The summed E-state index contributed by atoms with van der Waals surface area (Å²) in [4.78, 5) is 27.9. The van der Waals surface area contributed by atoms with Crippen LogP contribution in [0.2, 0.25) is 0 Å². The van der Waals surface area contributed by atoms with Crippen molar-refractivity contribution in [2.45, 2.75) is 26.7 Å². The molecule has 1 atom stereocenters. The summed E-state index contributed by atoms with van der Waals surface area (Å²) < 4.78 is 2.01. The third kappa shape index (κ3) is 3.26. The van der Waals surface area contributed by atoms with Gasteiger partial charge in [0, 0.05) is 36.0 Å². The molecule has 120 valence electrons. The number of aromatic nitrogens is 2. The van der Waals surface area contributed by atoms with Crippen LogP contribution < -0.4 is 10.6 Å². The van der Waals surface area contributed by atoms with Crippen molar-refractivity contribution in [2.24, 2.45) is 5.92 Å². The third-order valence-electron chi connectivity index (χ3n) is 4.28. The number of anilines is 1. The number of rotatable bonds is 3. The van der Waals surface area contributed by atoms with E-state index in [2.05, 4.69) is 15.6 Å². The number of carbonyl (C=O) groups is 2. The van der Waals surface area contributed by atoms with Gasteiger partial charge in [0.25, 0.3) is 0 Å². The first-order valence-electron chi connectivity index (χ1n) is 7.73. The van der Waals surface area contributed by atoms with Gasteiger partial charge in [-0.15, -0.1) is 0 Å². The van der Waals surface area contributed by atoms with Crippen LogP contribution in [0.1, 0.15) is 24.2 Å². The zero-order valence-electron chi connectivity index (χ0n) is 13.3. The van der Waals surface area contributed by atoms with Crippen molar-refractivity contribution >= 4 is 17.5 Å². The number of nitrogens with one attached hydrogen (secondary N) is 2. The lowest BCUT2D eigenvalue weighted by atomic mass is 9.96. The van der Waals surface area contributed by atoms with Gasteiger partial charge < -0.3 is 15.2 Å². The summed E-state index contributed by atoms with van der Waals surface area (Å²) in [7, 11) is 0. The Hall–Kier alpha value is -2.63. The van der Waals surface area contributed by atoms with E-state index >= 15 is 0 Å². The Balaban J connectivity index is 1.69. The van der Waals surface area contributed by atoms with E-state index in [4.69, 9.17) is 0 Å². The third-order valence-corrected chi connectivity index (χ3v) is 4.28. The van der Waals surface area contributed by atoms with Crippen molar-refractivity contribution in [3.05, 3.63) is 42.0 Å². The molecule has 1 aromatic carbocycles. The highest BCUT2D eigenvalue weighted by Gasteiger charge is 2.25. The highest BCUT2D eigenvalue weighted by molar-refractivity contribution is 5.95. The number of hydrogen-bond acceptors (Lipinski definition) is 3. The molecule has 2 N–H and O–H groups in total. The normalized spacial score (nSPS) is 17.7. The summed E-state index contributed by atoms with van der Waals surface area (Å²) in [5, 5.41) is 5.62. The van der Waals surface area contributed by atoms with Crippen molar-refractivity contribution in [3.8, 4) is 5.69 Å². The van der Waals surface area contributed by atoms with Crippen LogP contribution in [0, 0.1) is 19.8 Å². The molecular formula is C17H20N4O2. The molecule has 1 aliphatic heterocycles. The second-order valence-electron chi connectivity index (χ2n) is 5.86. The second-order valence-corrected chi connectivity index (χ2v) is 5.86. The van der Waals surface area contributed by atoms with E-state index in [1.165, 1.54) is 0 Å². The minimum Gasteiger partial charge on any atom is -0.356 e. The fraction of sp³-hybridized carbons (Fsp3) is 0.353. The van der Waals surface area contributed by atoms with Crippen LogP contribution in [0.15, 0.2) is 30.6 Å². The summed E-state index contributed by atoms with van der Waals surface area (Å²) in [5.74, 6) is -0.401. The first kappa shape index (κ1) is 15.3. The van der Waals surface area contributed by atoms with E-state index in [0.29, 0.717) is 13.0 Å². The number of hydrogen-bond donors (Lipinski definition) is 2. The average Bonchev–Trinajstić information content (AvgIpc) is 2.88. The van der Waals surface area contributed by atoms with E-state index in [1.54, 1.807) is 6.33 Å². The van der Waals surface area contributed by atoms with Crippen LogP contribution in [-0.4, -0.2) is 27.9 Å². The fourth-order valence-electron chi connectivity index (χ4n) is 2.72. The van der Waals surface area contributed by atoms with Gasteiger partial charge in [0.1, 0.15) is 0 Å². The first-order valence-corrected chi connectivity index (χ1v) is 7.73. The zero-order chi connectivity index (χ0) is 16.4. The molecule has 1 unspecified atom stereocenters.